The van der Waals surface area contributed by atoms with Gasteiger partial charge in [0.25, 0.3) is 0 Å². The summed E-state index contributed by atoms with van der Waals surface area (Å²) in [5, 5.41) is 0.840. The van der Waals surface area contributed by atoms with Crippen molar-refractivity contribution in [1.29, 1.82) is 0 Å². The van der Waals surface area contributed by atoms with Crippen LogP contribution >= 0.6 is 11.6 Å². The maximum atomic E-state index is 5.76. The van der Waals surface area contributed by atoms with Crippen LogP contribution in [-0.2, 0) is 4.13 Å². The molecule has 0 atom stereocenters. The average molecular weight is 365 g/mol. The zero-order valence-corrected chi connectivity index (χ0v) is 11.1. The SMILES string of the molecule is [CH3][Bi]([CH3])[CH2]c1ccc(Cl)cc1. The molecule has 1 rings (SSSR count). The van der Waals surface area contributed by atoms with Crippen LogP contribution in [0.4, 0.5) is 0 Å². The number of hydrogen-bond donors (Lipinski definition) is 0. The fourth-order valence-corrected chi connectivity index (χ4v) is 4.74. The molecule has 0 heterocycles. The Morgan fingerprint density at radius 3 is 2.18 bits per heavy atom. The van der Waals surface area contributed by atoms with Gasteiger partial charge in [-0.3, -0.25) is 0 Å². The normalized spacial score (nSPS) is 10.5. The predicted octanol–water partition coefficient (Wildman–Crippen LogP) is 3.18. The van der Waals surface area contributed by atoms with Crippen LogP contribution in [0, 0.1) is 0 Å². The van der Waals surface area contributed by atoms with Crippen molar-refractivity contribution >= 4 is 33.4 Å². The molecule has 60 valence electrons. The molecule has 0 aliphatic carbocycles. The van der Waals surface area contributed by atoms with E-state index in [-0.39, 0.29) is 0 Å². The van der Waals surface area contributed by atoms with Gasteiger partial charge in [-0.1, -0.05) is 0 Å². The fraction of sp³-hybridized carbons (Fsp3) is 0.333. The minimum absolute atomic E-state index is 0.840. The van der Waals surface area contributed by atoms with Crippen LogP contribution in [0.15, 0.2) is 24.3 Å². The molecule has 1 aromatic rings. The summed E-state index contributed by atoms with van der Waals surface area (Å²) in [4.78, 5) is 0. The molecule has 11 heavy (non-hydrogen) atoms. The van der Waals surface area contributed by atoms with Crippen LogP contribution < -0.4 is 0 Å². The molecular formula is C9H12BiCl. The van der Waals surface area contributed by atoms with E-state index in [0.29, 0.717) is 0 Å². The van der Waals surface area contributed by atoms with Crippen molar-refractivity contribution in [3.63, 3.8) is 0 Å². The van der Waals surface area contributed by atoms with E-state index in [9.17, 15) is 0 Å². The van der Waals surface area contributed by atoms with Gasteiger partial charge in [0.2, 0.25) is 0 Å². The van der Waals surface area contributed by atoms with Gasteiger partial charge in [0.15, 0.2) is 0 Å². The summed E-state index contributed by atoms with van der Waals surface area (Å²) in [5.41, 5.74) is 1.46. The molecule has 2 heteroatoms. The van der Waals surface area contributed by atoms with E-state index in [0.717, 1.165) is 5.02 Å². The van der Waals surface area contributed by atoms with Crippen molar-refractivity contribution in [2.24, 2.45) is 0 Å². The summed E-state index contributed by atoms with van der Waals surface area (Å²) in [5.74, 6) is 0. The third-order valence-electron chi connectivity index (χ3n) is 1.41. The number of halogens is 1. The van der Waals surface area contributed by atoms with Crippen molar-refractivity contribution in [3.05, 3.63) is 34.9 Å². The Kier molecular flexibility index (Phi) is 3.82. The first-order chi connectivity index (χ1) is 5.18. The molecule has 0 aliphatic rings. The Hall–Kier alpha value is 0.393. The van der Waals surface area contributed by atoms with Gasteiger partial charge in [0.1, 0.15) is 0 Å². The van der Waals surface area contributed by atoms with Crippen LogP contribution in [0.3, 0.4) is 0 Å². The molecule has 0 fully saturated rings. The summed E-state index contributed by atoms with van der Waals surface area (Å²) in [6.45, 7) is 0. The van der Waals surface area contributed by atoms with Gasteiger partial charge >= 0.3 is 81.6 Å². The molecule has 0 nitrogen and oxygen atoms in total. The summed E-state index contributed by atoms with van der Waals surface area (Å²) < 4.78 is 6.18. The van der Waals surface area contributed by atoms with Crippen molar-refractivity contribution in [2.75, 3.05) is 0 Å². The van der Waals surface area contributed by atoms with Crippen LogP contribution in [0.25, 0.3) is 0 Å². The van der Waals surface area contributed by atoms with Gasteiger partial charge < -0.3 is 0 Å². The van der Waals surface area contributed by atoms with Crippen molar-refractivity contribution in [1.82, 2.24) is 0 Å². The fourth-order valence-electron chi connectivity index (χ4n) is 0.955. The van der Waals surface area contributed by atoms with Gasteiger partial charge in [-0.2, -0.15) is 0 Å². The van der Waals surface area contributed by atoms with Crippen molar-refractivity contribution in [2.45, 2.75) is 13.4 Å². The van der Waals surface area contributed by atoms with Crippen LogP contribution in [0.5, 0.6) is 0 Å². The van der Waals surface area contributed by atoms with Gasteiger partial charge in [0, 0.05) is 0 Å². The van der Waals surface area contributed by atoms with E-state index in [1.807, 2.05) is 12.1 Å². The molecule has 0 amide bonds. The molecule has 0 aromatic heterocycles. The van der Waals surface area contributed by atoms with Gasteiger partial charge in [-0.05, 0) is 0 Å². The average Bonchev–Trinajstić information content (AvgIpc) is 1.93. The molecule has 0 bridgehead atoms. The minimum atomic E-state index is -1.00. The standard InChI is InChI=1S/C7H6Cl.2CH3.Bi/c1-6-2-4-7(8)5-3-6;;;/h2-5H,1H2;2*1H3;. The van der Waals surface area contributed by atoms with Crippen molar-refractivity contribution in [3.8, 4) is 0 Å². The second kappa shape index (κ2) is 4.43. The van der Waals surface area contributed by atoms with E-state index in [4.69, 9.17) is 11.6 Å². The first-order valence-electron chi connectivity index (χ1n) is 3.57. The van der Waals surface area contributed by atoms with Crippen LogP contribution in [0.2, 0.25) is 14.3 Å². The molecule has 0 saturated heterocycles. The quantitative estimate of drug-likeness (QED) is 0.707. The Bertz CT molecular complexity index is 216. The van der Waals surface area contributed by atoms with E-state index in [2.05, 4.69) is 21.4 Å². The molecule has 0 aliphatic heterocycles. The molecule has 1 aromatic carbocycles. The monoisotopic (exact) mass is 364 g/mol. The van der Waals surface area contributed by atoms with E-state index in [1.165, 1.54) is 9.69 Å². The summed E-state index contributed by atoms with van der Waals surface area (Å²) in [6, 6.07) is 8.23. The number of hydrogen-bond acceptors (Lipinski definition) is 0. The third kappa shape index (κ3) is 3.53. The second-order valence-electron chi connectivity index (χ2n) is 2.86. The van der Waals surface area contributed by atoms with Crippen LogP contribution in [0.1, 0.15) is 5.56 Å². The Morgan fingerprint density at radius 2 is 1.73 bits per heavy atom. The molecule has 0 spiro atoms. The van der Waals surface area contributed by atoms with E-state index in [1.54, 1.807) is 0 Å². The molecule has 0 radical (unpaired) electrons. The van der Waals surface area contributed by atoms with Gasteiger partial charge in [0.05, 0.1) is 0 Å². The van der Waals surface area contributed by atoms with Gasteiger partial charge in [-0.15, -0.1) is 0 Å². The zero-order valence-electron chi connectivity index (χ0n) is 6.84. The Morgan fingerprint density at radius 1 is 1.18 bits per heavy atom. The third-order valence-corrected chi connectivity index (χ3v) is 5.54. The summed E-state index contributed by atoms with van der Waals surface area (Å²) in [7, 11) is 0. The summed E-state index contributed by atoms with van der Waals surface area (Å²) in [6.07, 6.45) is 0. The van der Waals surface area contributed by atoms with Crippen molar-refractivity contribution < 1.29 is 0 Å². The topological polar surface area (TPSA) is 0 Å². The summed E-state index contributed by atoms with van der Waals surface area (Å²) >= 11 is 4.76. The maximum absolute atomic E-state index is 5.76. The second-order valence-corrected chi connectivity index (χ2v) is 12.9. The Balaban J connectivity index is 2.66. The van der Waals surface area contributed by atoms with Crippen LogP contribution in [-0.4, -0.2) is 21.8 Å². The molecule has 0 saturated carbocycles. The predicted molar refractivity (Wildman–Crippen MR) is 52.6 cm³/mol. The first-order valence-corrected chi connectivity index (χ1v) is 13.4. The number of rotatable bonds is 2. The van der Waals surface area contributed by atoms with Gasteiger partial charge in [-0.25, -0.2) is 0 Å². The molecule has 0 unspecified atom stereocenters. The molecule has 0 N–H and O–H groups in total. The Labute approximate surface area is 81.3 Å². The zero-order chi connectivity index (χ0) is 8.27. The molecular weight excluding hydrogens is 353 g/mol. The van der Waals surface area contributed by atoms with E-state index >= 15 is 0 Å². The number of benzene rings is 1. The first kappa shape index (κ1) is 9.48. The van der Waals surface area contributed by atoms with E-state index < -0.39 is 21.8 Å².